The molecule has 1 aliphatic heterocycles. The SMILES string of the molecule is CCOc1cc([C@@H]2NC(=S)N(N)C(C)=C2C(C)=O)c([N+](=O)[O-])cc1OCc1ccccc1. The summed E-state index contributed by atoms with van der Waals surface area (Å²) in [6.07, 6.45) is 0. The number of thiocarbonyl (C=S) groups is 1. The van der Waals surface area contributed by atoms with E-state index < -0.39 is 11.0 Å². The first-order chi connectivity index (χ1) is 15.2. The minimum Gasteiger partial charge on any atom is -0.490 e. The third-order valence-corrected chi connectivity index (χ3v) is 5.36. The number of nitrogens with one attached hydrogen (secondary N) is 1. The number of nitrogens with zero attached hydrogens (tertiary/aromatic N) is 2. The van der Waals surface area contributed by atoms with E-state index in [-0.39, 0.29) is 40.1 Å². The van der Waals surface area contributed by atoms with E-state index in [9.17, 15) is 14.9 Å². The van der Waals surface area contributed by atoms with Crippen molar-refractivity contribution in [2.24, 2.45) is 5.84 Å². The summed E-state index contributed by atoms with van der Waals surface area (Å²) in [7, 11) is 0. The minimum absolute atomic E-state index is 0.147. The number of nitro benzene ring substituents is 1. The van der Waals surface area contributed by atoms with Crippen molar-refractivity contribution >= 4 is 28.8 Å². The predicted molar refractivity (Wildman–Crippen MR) is 123 cm³/mol. The molecule has 3 rings (SSSR count). The molecule has 0 bridgehead atoms. The van der Waals surface area contributed by atoms with Crippen molar-refractivity contribution in [3.05, 3.63) is 75.0 Å². The van der Waals surface area contributed by atoms with Crippen LogP contribution in [0.3, 0.4) is 0 Å². The second-order valence-electron chi connectivity index (χ2n) is 7.13. The van der Waals surface area contributed by atoms with Gasteiger partial charge in [0.1, 0.15) is 6.61 Å². The molecule has 2 aromatic rings. The Kier molecular flexibility index (Phi) is 7.06. The fraction of sp³-hybridized carbons (Fsp3) is 0.273. The number of carbonyl (C=O) groups excluding carboxylic acids is 1. The molecule has 9 nitrogen and oxygen atoms in total. The Labute approximate surface area is 190 Å². The number of benzene rings is 2. The van der Waals surface area contributed by atoms with Gasteiger partial charge in [-0.1, -0.05) is 30.3 Å². The Hall–Kier alpha value is -3.50. The van der Waals surface area contributed by atoms with E-state index in [4.69, 9.17) is 27.5 Å². The maximum absolute atomic E-state index is 12.4. The van der Waals surface area contributed by atoms with Gasteiger partial charge in [0.15, 0.2) is 22.4 Å². The van der Waals surface area contributed by atoms with Crippen molar-refractivity contribution in [2.45, 2.75) is 33.4 Å². The lowest BCUT2D eigenvalue weighted by molar-refractivity contribution is -0.385. The molecule has 0 fully saturated rings. The number of allylic oxidation sites excluding steroid dienone is 1. The molecule has 2 aromatic carbocycles. The average molecular weight is 457 g/mol. The standard InChI is InChI=1S/C22H24N4O5S/c1-4-30-18-10-16(21-20(14(3)27)13(2)25(23)22(32)24-21)17(26(28)29)11-19(18)31-12-15-8-6-5-7-9-15/h5-11,21H,4,12,23H2,1-3H3,(H,24,32)/t21-/m0/s1. The van der Waals surface area contributed by atoms with Crippen molar-refractivity contribution in [3.8, 4) is 11.5 Å². The van der Waals surface area contributed by atoms with Crippen LogP contribution in [0.2, 0.25) is 0 Å². The van der Waals surface area contributed by atoms with Gasteiger partial charge in [-0.05, 0) is 44.6 Å². The minimum atomic E-state index is -0.859. The number of ketones is 1. The first kappa shape index (κ1) is 23.2. The van der Waals surface area contributed by atoms with Gasteiger partial charge in [0.25, 0.3) is 5.69 Å². The molecule has 168 valence electrons. The summed E-state index contributed by atoms with van der Waals surface area (Å²) < 4.78 is 11.6. The smallest absolute Gasteiger partial charge is 0.279 e. The van der Waals surface area contributed by atoms with Crippen LogP contribution in [0.5, 0.6) is 11.5 Å². The second kappa shape index (κ2) is 9.75. The topological polar surface area (TPSA) is 120 Å². The second-order valence-corrected chi connectivity index (χ2v) is 7.52. The molecule has 32 heavy (non-hydrogen) atoms. The highest BCUT2D eigenvalue weighted by molar-refractivity contribution is 7.80. The number of carbonyl (C=O) groups is 1. The van der Waals surface area contributed by atoms with Gasteiger partial charge in [-0.2, -0.15) is 0 Å². The zero-order valence-electron chi connectivity index (χ0n) is 18.0. The highest BCUT2D eigenvalue weighted by atomic mass is 32.1. The van der Waals surface area contributed by atoms with Crippen LogP contribution in [0.15, 0.2) is 53.7 Å². The summed E-state index contributed by atoms with van der Waals surface area (Å²) in [4.78, 5) is 23.9. The van der Waals surface area contributed by atoms with Crippen molar-refractivity contribution < 1.29 is 19.2 Å². The fourth-order valence-electron chi connectivity index (χ4n) is 3.52. The quantitative estimate of drug-likeness (QED) is 0.266. The molecule has 0 saturated carbocycles. The van der Waals surface area contributed by atoms with Crippen LogP contribution in [-0.4, -0.2) is 27.4 Å². The first-order valence-electron chi connectivity index (χ1n) is 9.93. The Morgan fingerprint density at radius 3 is 2.50 bits per heavy atom. The number of hydrogen-bond donors (Lipinski definition) is 2. The van der Waals surface area contributed by atoms with E-state index in [1.165, 1.54) is 24.1 Å². The fourth-order valence-corrected chi connectivity index (χ4v) is 3.77. The molecule has 1 atom stereocenters. The van der Waals surface area contributed by atoms with E-state index in [0.717, 1.165) is 5.56 Å². The number of rotatable bonds is 8. The highest BCUT2D eigenvalue weighted by Crippen LogP contribution is 2.41. The van der Waals surface area contributed by atoms with Gasteiger partial charge in [-0.15, -0.1) is 0 Å². The van der Waals surface area contributed by atoms with Crippen molar-refractivity contribution in [1.82, 2.24) is 10.3 Å². The number of ether oxygens (including phenoxy) is 2. The van der Waals surface area contributed by atoms with Gasteiger partial charge in [0.05, 0.1) is 29.2 Å². The number of nitro groups is 1. The van der Waals surface area contributed by atoms with Crippen molar-refractivity contribution in [2.75, 3.05) is 6.61 Å². The summed E-state index contributed by atoms with van der Waals surface area (Å²) in [6, 6.07) is 11.4. The Bertz CT molecular complexity index is 1090. The summed E-state index contributed by atoms with van der Waals surface area (Å²) >= 11 is 5.26. The zero-order chi connectivity index (χ0) is 23.4. The lowest BCUT2D eigenvalue weighted by Gasteiger charge is -2.34. The first-order valence-corrected chi connectivity index (χ1v) is 10.3. The van der Waals surface area contributed by atoms with Crippen LogP contribution >= 0.6 is 12.2 Å². The number of hydrazine groups is 1. The predicted octanol–water partition coefficient (Wildman–Crippen LogP) is 3.54. The van der Waals surface area contributed by atoms with E-state index in [1.54, 1.807) is 13.8 Å². The van der Waals surface area contributed by atoms with E-state index in [1.807, 2.05) is 30.3 Å². The van der Waals surface area contributed by atoms with Gasteiger partial charge in [0, 0.05) is 11.3 Å². The summed E-state index contributed by atoms with van der Waals surface area (Å²) in [5.41, 5.74) is 1.60. The van der Waals surface area contributed by atoms with Gasteiger partial charge in [-0.25, -0.2) is 5.84 Å². The van der Waals surface area contributed by atoms with Crippen LogP contribution in [0, 0.1) is 10.1 Å². The molecular formula is C22H24N4O5S. The molecule has 3 N–H and O–H groups in total. The molecule has 0 amide bonds. The maximum atomic E-state index is 12.4. The van der Waals surface area contributed by atoms with Crippen LogP contribution in [0.1, 0.15) is 37.9 Å². The summed E-state index contributed by atoms with van der Waals surface area (Å²) in [6.45, 7) is 5.35. The number of nitrogens with two attached hydrogens (primary N) is 1. The molecule has 1 heterocycles. The van der Waals surface area contributed by atoms with Gasteiger partial charge in [0.2, 0.25) is 0 Å². The zero-order valence-corrected chi connectivity index (χ0v) is 18.8. The van der Waals surface area contributed by atoms with Crippen LogP contribution in [0.25, 0.3) is 0 Å². The molecular weight excluding hydrogens is 432 g/mol. The monoisotopic (exact) mass is 456 g/mol. The van der Waals surface area contributed by atoms with Crippen molar-refractivity contribution in [3.63, 3.8) is 0 Å². The molecule has 0 unspecified atom stereocenters. The largest absolute Gasteiger partial charge is 0.490 e. The van der Waals surface area contributed by atoms with Crippen LogP contribution in [0.4, 0.5) is 5.69 Å². The molecule has 0 saturated heterocycles. The lowest BCUT2D eigenvalue weighted by atomic mass is 9.91. The van der Waals surface area contributed by atoms with Crippen molar-refractivity contribution in [1.29, 1.82) is 0 Å². The molecule has 0 aromatic heterocycles. The lowest BCUT2D eigenvalue weighted by Crippen LogP contribution is -2.50. The number of hydrogen-bond acceptors (Lipinski definition) is 7. The average Bonchev–Trinajstić information content (AvgIpc) is 2.76. The Balaban J connectivity index is 2.11. The Morgan fingerprint density at radius 1 is 1.25 bits per heavy atom. The third kappa shape index (κ3) is 4.71. The molecule has 1 aliphatic rings. The third-order valence-electron chi connectivity index (χ3n) is 5.04. The molecule has 10 heteroatoms. The Morgan fingerprint density at radius 2 is 1.91 bits per heavy atom. The summed E-state index contributed by atoms with van der Waals surface area (Å²) in [5, 5.41) is 16.2. The normalized spacial score (nSPS) is 15.9. The summed E-state index contributed by atoms with van der Waals surface area (Å²) in [5.74, 6) is 6.20. The van der Waals surface area contributed by atoms with Gasteiger partial charge in [-0.3, -0.25) is 19.9 Å². The van der Waals surface area contributed by atoms with E-state index in [2.05, 4.69) is 5.32 Å². The van der Waals surface area contributed by atoms with Gasteiger partial charge >= 0.3 is 0 Å². The highest BCUT2D eigenvalue weighted by Gasteiger charge is 2.36. The van der Waals surface area contributed by atoms with Crippen LogP contribution in [-0.2, 0) is 11.4 Å². The van der Waals surface area contributed by atoms with E-state index in [0.29, 0.717) is 18.1 Å². The van der Waals surface area contributed by atoms with E-state index >= 15 is 0 Å². The maximum Gasteiger partial charge on any atom is 0.279 e. The van der Waals surface area contributed by atoms with Crippen LogP contribution < -0.4 is 20.6 Å². The molecule has 0 aliphatic carbocycles. The van der Waals surface area contributed by atoms with Gasteiger partial charge < -0.3 is 14.8 Å². The molecule has 0 spiro atoms. The number of Topliss-reactive ketones (excluding diaryl/α,β-unsaturated/α-hetero) is 1. The molecule has 0 radical (unpaired) electrons.